The molecule has 2 aromatic carbocycles. The van der Waals surface area contributed by atoms with E-state index in [0.29, 0.717) is 5.56 Å². The van der Waals surface area contributed by atoms with Crippen molar-refractivity contribution < 1.29 is 4.79 Å². The van der Waals surface area contributed by atoms with E-state index in [-0.39, 0.29) is 11.9 Å². The lowest BCUT2D eigenvalue weighted by Crippen LogP contribution is -2.33. The van der Waals surface area contributed by atoms with Crippen molar-refractivity contribution in [1.29, 1.82) is 0 Å². The lowest BCUT2D eigenvalue weighted by molar-refractivity contribution is 0.0998. The number of amides is 1. The summed E-state index contributed by atoms with van der Waals surface area (Å²) < 4.78 is 1.16. The van der Waals surface area contributed by atoms with E-state index in [1.54, 1.807) is 17.4 Å². The number of thiazole rings is 1. The molecule has 0 fully saturated rings. The number of hydrogen-bond donors (Lipinski definition) is 2. The second-order valence-electron chi connectivity index (χ2n) is 5.40. The van der Waals surface area contributed by atoms with Gasteiger partial charge in [0.05, 0.1) is 16.3 Å². The van der Waals surface area contributed by atoms with Crippen LogP contribution in [0.2, 0.25) is 0 Å². The second-order valence-corrected chi connectivity index (χ2v) is 6.46. The maximum absolute atomic E-state index is 11.8. The summed E-state index contributed by atoms with van der Waals surface area (Å²) in [7, 11) is 0. The van der Waals surface area contributed by atoms with Crippen molar-refractivity contribution >= 4 is 27.5 Å². The lowest BCUT2D eigenvalue weighted by atomic mass is 9.90. The fourth-order valence-electron chi connectivity index (χ4n) is 3.06. The number of primary amides is 1. The maximum atomic E-state index is 11.8. The van der Waals surface area contributed by atoms with Gasteiger partial charge in [0, 0.05) is 12.1 Å². The van der Waals surface area contributed by atoms with Gasteiger partial charge in [-0.25, -0.2) is 4.98 Å². The van der Waals surface area contributed by atoms with Crippen molar-refractivity contribution in [3.8, 4) is 0 Å². The molecule has 1 amide bonds. The van der Waals surface area contributed by atoms with Crippen LogP contribution in [0.5, 0.6) is 0 Å². The van der Waals surface area contributed by atoms with Gasteiger partial charge in [0.2, 0.25) is 5.91 Å². The number of para-hydroxylation sites is 1. The average Bonchev–Trinajstić information content (AvgIpc) is 2.97. The summed E-state index contributed by atoms with van der Waals surface area (Å²) in [5.41, 5.74) is 9.32. The molecular weight excluding hydrogens is 294 g/mol. The Bertz CT molecular complexity index is 838. The van der Waals surface area contributed by atoms with Crippen molar-refractivity contribution in [2.45, 2.75) is 12.5 Å². The van der Waals surface area contributed by atoms with Gasteiger partial charge in [0.25, 0.3) is 0 Å². The van der Waals surface area contributed by atoms with Crippen LogP contribution >= 0.6 is 11.3 Å². The zero-order valence-electron chi connectivity index (χ0n) is 11.9. The van der Waals surface area contributed by atoms with E-state index in [2.05, 4.69) is 17.4 Å². The molecule has 1 aromatic heterocycles. The molecule has 1 aliphatic rings. The fraction of sp³-hybridized carbons (Fsp3) is 0.176. The molecule has 0 bridgehead atoms. The van der Waals surface area contributed by atoms with Crippen LogP contribution in [0, 0.1) is 0 Å². The summed E-state index contributed by atoms with van der Waals surface area (Å²) in [6, 6.07) is 13.8. The number of nitrogens with two attached hydrogens (primary N) is 1. The van der Waals surface area contributed by atoms with Crippen molar-refractivity contribution in [2.75, 3.05) is 6.54 Å². The molecule has 0 saturated carbocycles. The van der Waals surface area contributed by atoms with Crippen molar-refractivity contribution in [2.24, 2.45) is 5.73 Å². The Hall–Kier alpha value is -2.24. The van der Waals surface area contributed by atoms with Crippen LogP contribution in [0.4, 0.5) is 0 Å². The summed E-state index contributed by atoms with van der Waals surface area (Å²) in [5.74, 6) is -0.383. The van der Waals surface area contributed by atoms with E-state index in [0.717, 1.165) is 33.8 Å². The molecule has 4 rings (SSSR count). The van der Waals surface area contributed by atoms with Crippen LogP contribution in [0.25, 0.3) is 10.2 Å². The molecular formula is C17H15N3OS. The van der Waals surface area contributed by atoms with Crippen LogP contribution in [-0.4, -0.2) is 17.4 Å². The van der Waals surface area contributed by atoms with Crippen LogP contribution in [0.3, 0.4) is 0 Å². The van der Waals surface area contributed by atoms with E-state index in [1.165, 1.54) is 5.56 Å². The third kappa shape index (κ3) is 2.10. The SMILES string of the molecule is NC(=O)c1cccc2c1C(c1nc3ccccc3s1)NCC2. The zero-order chi connectivity index (χ0) is 15.1. The molecule has 0 aliphatic carbocycles. The summed E-state index contributed by atoms with van der Waals surface area (Å²) in [6.07, 6.45) is 0.901. The number of carbonyl (C=O) groups excluding carboxylic acids is 1. The van der Waals surface area contributed by atoms with E-state index >= 15 is 0 Å². The number of rotatable bonds is 2. The minimum atomic E-state index is -0.383. The third-order valence-electron chi connectivity index (χ3n) is 4.05. The van der Waals surface area contributed by atoms with Crippen LogP contribution < -0.4 is 11.1 Å². The van der Waals surface area contributed by atoms with Gasteiger partial charge in [-0.2, -0.15) is 0 Å². The Morgan fingerprint density at radius 3 is 2.91 bits per heavy atom. The highest BCUT2D eigenvalue weighted by atomic mass is 32.1. The molecule has 0 saturated heterocycles. The largest absolute Gasteiger partial charge is 0.366 e. The Balaban J connectivity index is 1.90. The van der Waals surface area contributed by atoms with Crippen molar-refractivity contribution in [3.63, 3.8) is 0 Å². The second kappa shape index (κ2) is 5.19. The first kappa shape index (κ1) is 13.4. The number of nitrogens with one attached hydrogen (secondary N) is 1. The third-order valence-corrected chi connectivity index (χ3v) is 5.15. The molecule has 2 heterocycles. The standard InChI is InChI=1S/C17H15N3OS/c18-16(21)11-5-3-4-10-8-9-19-15(14(10)11)17-20-12-6-1-2-7-13(12)22-17/h1-7,15,19H,8-9H2,(H2,18,21). The van der Waals surface area contributed by atoms with Gasteiger partial charge in [0.1, 0.15) is 5.01 Å². The number of benzene rings is 2. The molecule has 3 aromatic rings. The molecule has 4 nitrogen and oxygen atoms in total. The van der Waals surface area contributed by atoms with Gasteiger partial charge >= 0.3 is 0 Å². The Morgan fingerprint density at radius 2 is 2.09 bits per heavy atom. The highest BCUT2D eigenvalue weighted by Crippen LogP contribution is 2.35. The van der Waals surface area contributed by atoms with Crippen LogP contribution in [0.15, 0.2) is 42.5 Å². The smallest absolute Gasteiger partial charge is 0.249 e. The highest BCUT2D eigenvalue weighted by Gasteiger charge is 2.28. The van der Waals surface area contributed by atoms with Gasteiger partial charge in [0.15, 0.2) is 0 Å². The van der Waals surface area contributed by atoms with Crippen molar-refractivity contribution in [1.82, 2.24) is 10.3 Å². The number of fused-ring (bicyclic) bond motifs is 2. The molecule has 0 spiro atoms. The minimum Gasteiger partial charge on any atom is -0.366 e. The van der Waals surface area contributed by atoms with Gasteiger partial charge in [-0.05, 0) is 35.7 Å². The number of carbonyl (C=O) groups is 1. The first-order chi connectivity index (χ1) is 10.7. The molecule has 0 radical (unpaired) electrons. The summed E-state index contributed by atoms with van der Waals surface area (Å²) in [6.45, 7) is 0.871. The van der Waals surface area contributed by atoms with Gasteiger partial charge in [-0.1, -0.05) is 24.3 Å². The normalized spacial score (nSPS) is 17.4. The Labute approximate surface area is 132 Å². The summed E-state index contributed by atoms with van der Waals surface area (Å²) in [4.78, 5) is 16.5. The predicted octanol–water partition coefficient (Wildman–Crippen LogP) is 2.63. The monoisotopic (exact) mass is 309 g/mol. The zero-order valence-corrected chi connectivity index (χ0v) is 12.7. The summed E-state index contributed by atoms with van der Waals surface area (Å²) in [5, 5.41) is 4.47. The number of nitrogens with zero attached hydrogens (tertiary/aromatic N) is 1. The van der Waals surface area contributed by atoms with Crippen LogP contribution in [0.1, 0.15) is 32.5 Å². The predicted molar refractivity (Wildman–Crippen MR) is 88.1 cm³/mol. The quantitative estimate of drug-likeness (QED) is 0.764. The average molecular weight is 309 g/mol. The molecule has 22 heavy (non-hydrogen) atoms. The van der Waals surface area contributed by atoms with E-state index < -0.39 is 0 Å². The molecule has 1 atom stereocenters. The molecule has 1 unspecified atom stereocenters. The summed E-state index contributed by atoms with van der Waals surface area (Å²) >= 11 is 1.66. The first-order valence-corrected chi connectivity index (χ1v) is 8.06. The van der Waals surface area contributed by atoms with Gasteiger partial charge in [-0.3, -0.25) is 4.79 Å². The molecule has 110 valence electrons. The van der Waals surface area contributed by atoms with Crippen LogP contribution in [-0.2, 0) is 6.42 Å². The number of aromatic nitrogens is 1. The molecule has 1 aliphatic heterocycles. The number of hydrogen-bond acceptors (Lipinski definition) is 4. The lowest BCUT2D eigenvalue weighted by Gasteiger charge is -2.27. The van der Waals surface area contributed by atoms with E-state index in [1.807, 2.05) is 24.3 Å². The molecule has 5 heteroatoms. The fourth-order valence-corrected chi connectivity index (χ4v) is 4.12. The van der Waals surface area contributed by atoms with E-state index in [4.69, 9.17) is 10.7 Å². The molecule has 3 N–H and O–H groups in total. The Morgan fingerprint density at radius 1 is 1.23 bits per heavy atom. The van der Waals surface area contributed by atoms with Gasteiger partial charge < -0.3 is 11.1 Å². The van der Waals surface area contributed by atoms with Crippen molar-refractivity contribution in [3.05, 3.63) is 64.2 Å². The van der Waals surface area contributed by atoms with E-state index in [9.17, 15) is 4.79 Å². The first-order valence-electron chi connectivity index (χ1n) is 7.24. The Kier molecular flexibility index (Phi) is 3.17. The highest BCUT2D eigenvalue weighted by molar-refractivity contribution is 7.18. The topological polar surface area (TPSA) is 68.0 Å². The van der Waals surface area contributed by atoms with Gasteiger partial charge in [-0.15, -0.1) is 11.3 Å². The maximum Gasteiger partial charge on any atom is 0.249 e. The minimum absolute atomic E-state index is 0.0650.